The molecule has 2 nitrogen and oxygen atoms in total. The predicted octanol–water partition coefficient (Wildman–Crippen LogP) is 6.40. The maximum atomic E-state index is 8.68. The minimum absolute atomic E-state index is 0.0692. The first kappa shape index (κ1) is 24.2. The monoisotopic (exact) mass is 324 g/mol. The van der Waals surface area contributed by atoms with Gasteiger partial charge in [-0.15, -0.1) is 0 Å². The zero-order valence-electron chi connectivity index (χ0n) is 16.2. The molecule has 1 N–H and O–H groups in total. The molecule has 0 aliphatic rings. The lowest BCUT2D eigenvalue weighted by atomic mass is 10.0. The van der Waals surface area contributed by atoms with Gasteiger partial charge in [-0.2, -0.15) is 0 Å². The van der Waals surface area contributed by atoms with Gasteiger partial charge in [-0.25, -0.2) is 0 Å². The maximum absolute atomic E-state index is 8.68. The van der Waals surface area contributed by atoms with Gasteiger partial charge in [-0.3, -0.25) is 0 Å². The second-order valence-corrected chi connectivity index (χ2v) is 5.09. The second kappa shape index (κ2) is 21.0. The molecule has 0 aliphatic carbocycles. The summed E-state index contributed by atoms with van der Waals surface area (Å²) in [6.45, 7) is 10.7. The average Bonchev–Trinajstić information content (AvgIpc) is 2.63. The third-order valence-electron chi connectivity index (χ3n) is 3.35. The van der Waals surface area contributed by atoms with Crippen molar-refractivity contribution in [3.05, 3.63) is 29.8 Å². The van der Waals surface area contributed by atoms with Gasteiger partial charge in [0.15, 0.2) is 0 Å². The van der Waals surface area contributed by atoms with Crippen LogP contribution in [0.25, 0.3) is 0 Å². The van der Waals surface area contributed by atoms with E-state index in [1.54, 1.807) is 0 Å². The molecule has 0 saturated carbocycles. The average molecular weight is 325 g/mol. The highest BCUT2D eigenvalue weighted by Crippen LogP contribution is 2.15. The van der Waals surface area contributed by atoms with Crippen molar-refractivity contribution in [3.8, 4) is 5.75 Å². The zero-order valence-corrected chi connectivity index (χ0v) is 16.2. The minimum atomic E-state index is 0.0692. The largest absolute Gasteiger partial charge is 0.491 e. The molecule has 0 atom stereocenters. The number of aliphatic hydroxyl groups excluding tert-OH is 1. The van der Waals surface area contributed by atoms with E-state index in [-0.39, 0.29) is 6.61 Å². The smallest absolute Gasteiger partial charge is 0.119 e. The Balaban J connectivity index is 0. The van der Waals surface area contributed by atoms with Crippen LogP contribution in [0.5, 0.6) is 5.75 Å². The number of aryl methyl sites for hydroxylation is 1. The van der Waals surface area contributed by atoms with E-state index in [4.69, 9.17) is 9.84 Å². The highest BCUT2D eigenvalue weighted by molar-refractivity contribution is 5.27. The van der Waals surface area contributed by atoms with Gasteiger partial charge >= 0.3 is 0 Å². The number of hydrogen-bond donors (Lipinski definition) is 1. The van der Waals surface area contributed by atoms with Gasteiger partial charge in [0.25, 0.3) is 0 Å². The number of unbranched alkanes of at least 4 members (excludes halogenated alkanes) is 6. The van der Waals surface area contributed by atoms with Gasteiger partial charge in [0.1, 0.15) is 12.4 Å². The first-order valence-electron chi connectivity index (χ1n) is 9.69. The van der Waals surface area contributed by atoms with Crippen molar-refractivity contribution in [2.24, 2.45) is 0 Å². The van der Waals surface area contributed by atoms with E-state index in [1.165, 1.54) is 50.5 Å². The van der Waals surface area contributed by atoms with Crippen molar-refractivity contribution >= 4 is 0 Å². The van der Waals surface area contributed by atoms with Crippen LogP contribution in [-0.4, -0.2) is 18.3 Å². The fraction of sp³-hybridized carbons (Fsp3) is 0.714. The molecule has 0 radical (unpaired) electrons. The Morgan fingerprint density at radius 1 is 0.783 bits per heavy atom. The van der Waals surface area contributed by atoms with Gasteiger partial charge in [0.2, 0.25) is 0 Å². The molecule has 2 heteroatoms. The Hall–Kier alpha value is -1.02. The molecule has 136 valence electrons. The van der Waals surface area contributed by atoms with Crippen molar-refractivity contribution in [2.45, 2.75) is 86.0 Å². The van der Waals surface area contributed by atoms with E-state index in [9.17, 15) is 0 Å². The molecular weight excluding hydrogens is 284 g/mol. The number of rotatable bonds is 11. The summed E-state index contributed by atoms with van der Waals surface area (Å²) in [4.78, 5) is 0. The molecule has 0 aliphatic heterocycles. The maximum Gasteiger partial charge on any atom is 0.119 e. The van der Waals surface area contributed by atoms with Crippen LogP contribution in [0.2, 0.25) is 0 Å². The van der Waals surface area contributed by atoms with Crippen molar-refractivity contribution in [3.63, 3.8) is 0 Å². The topological polar surface area (TPSA) is 29.5 Å². The van der Waals surface area contributed by atoms with Crippen LogP contribution in [0.15, 0.2) is 24.3 Å². The molecule has 1 aromatic rings. The molecule has 0 aromatic heterocycles. The van der Waals surface area contributed by atoms with Crippen molar-refractivity contribution in [1.29, 1.82) is 0 Å². The molecule has 0 spiro atoms. The van der Waals surface area contributed by atoms with Gasteiger partial charge in [-0.05, 0) is 30.5 Å². The van der Waals surface area contributed by atoms with Crippen LogP contribution in [0.3, 0.4) is 0 Å². The molecule has 0 amide bonds. The second-order valence-electron chi connectivity index (χ2n) is 5.09. The number of aliphatic hydroxyl groups is 1. The molecule has 23 heavy (non-hydrogen) atoms. The summed E-state index contributed by atoms with van der Waals surface area (Å²) in [7, 11) is 0. The highest BCUT2D eigenvalue weighted by Gasteiger charge is 1.96. The van der Waals surface area contributed by atoms with E-state index in [2.05, 4.69) is 19.1 Å². The molecule has 0 saturated heterocycles. The molecule has 0 heterocycles. The number of ether oxygens (including phenoxy) is 1. The van der Waals surface area contributed by atoms with E-state index in [0.717, 1.165) is 12.2 Å². The first-order valence-corrected chi connectivity index (χ1v) is 9.69. The molecule has 0 fully saturated rings. The van der Waals surface area contributed by atoms with E-state index in [0.29, 0.717) is 6.61 Å². The van der Waals surface area contributed by atoms with Gasteiger partial charge in [0.05, 0.1) is 6.61 Å². The van der Waals surface area contributed by atoms with Gasteiger partial charge in [0, 0.05) is 0 Å². The van der Waals surface area contributed by atoms with E-state index >= 15 is 0 Å². The zero-order chi connectivity index (χ0) is 17.8. The fourth-order valence-electron chi connectivity index (χ4n) is 2.20. The Labute approximate surface area is 145 Å². The molecule has 0 unspecified atom stereocenters. The van der Waals surface area contributed by atoms with Crippen molar-refractivity contribution < 1.29 is 9.84 Å². The van der Waals surface area contributed by atoms with Gasteiger partial charge in [-0.1, -0.05) is 85.3 Å². The summed E-state index contributed by atoms with van der Waals surface area (Å²) >= 11 is 0. The Morgan fingerprint density at radius 2 is 1.30 bits per heavy atom. The van der Waals surface area contributed by atoms with Crippen molar-refractivity contribution in [2.75, 3.05) is 13.2 Å². The first-order chi connectivity index (χ1) is 11.4. The molecule has 1 aromatic carbocycles. The normalized spacial score (nSPS) is 9.30. The number of hydrogen-bond acceptors (Lipinski definition) is 2. The summed E-state index contributed by atoms with van der Waals surface area (Å²) in [5, 5.41) is 8.68. The molecule has 1 rings (SSSR count). The quantitative estimate of drug-likeness (QED) is 0.477. The van der Waals surface area contributed by atoms with Crippen LogP contribution in [-0.2, 0) is 6.42 Å². The minimum Gasteiger partial charge on any atom is -0.491 e. The fourth-order valence-corrected chi connectivity index (χ4v) is 2.20. The summed E-state index contributed by atoms with van der Waals surface area (Å²) in [6.07, 6.45) is 10.6. The number of benzene rings is 1. The summed E-state index contributed by atoms with van der Waals surface area (Å²) in [5.41, 5.74) is 1.38. The highest BCUT2D eigenvalue weighted by atomic mass is 16.5. The molecule has 0 bridgehead atoms. The lowest BCUT2D eigenvalue weighted by Crippen LogP contribution is -2.01. The van der Waals surface area contributed by atoms with E-state index < -0.39 is 0 Å². The Morgan fingerprint density at radius 3 is 1.83 bits per heavy atom. The Bertz CT molecular complexity index is 306. The van der Waals surface area contributed by atoms with Crippen molar-refractivity contribution in [1.82, 2.24) is 0 Å². The summed E-state index contributed by atoms with van der Waals surface area (Å²) in [6, 6.07) is 8.24. The predicted molar refractivity (Wildman–Crippen MR) is 103 cm³/mol. The SMILES string of the molecule is CC.CC.CCCCCCCCCc1ccc(OCCO)cc1. The van der Waals surface area contributed by atoms with E-state index in [1.807, 2.05) is 39.8 Å². The lowest BCUT2D eigenvalue weighted by Gasteiger charge is -2.06. The lowest BCUT2D eigenvalue weighted by molar-refractivity contribution is 0.201. The summed E-state index contributed by atoms with van der Waals surface area (Å²) < 4.78 is 5.34. The van der Waals surface area contributed by atoms with Crippen LogP contribution in [0.4, 0.5) is 0 Å². The third kappa shape index (κ3) is 15.6. The molecular formula is C21H40O2. The Kier molecular flexibility index (Phi) is 22.1. The standard InChI is InChI=1S/C17H28O2.2C2H6/c1-2-3-4-5-6-7-8-9-16-10-12-17(13-11-16)19-15-14-18;2*1-2/h10-13,18H,2-9,14-15H2,1H3;2*1-2H3. The summed E-state index contributed by atoms with van der Waals surface area (Å²) in [5.74, 6) is 0.845. The van der Waals surface area contributed by atoms with Crippen LogP contribution < -0.4 is 4.74 Å². The third-order valence-corrected chi connectivity index (χ3v) is 3.35. The van der Waals surface area contributed by atoms with Crippen LogP contribution in [0.1, 0.15) is 85.1 Å². The van der Waals surface area contributed by atoms with Gasteiger partial charge < -0.3 is 9.84 Å². The van der Waals surface area contributed by atoms with Crippen LogP contribution in [0, 0.1) is 0 Å². The van der Waals surface area contributed by atoms with Crippen LogP contribution >= 0.6 is 0 Å².